The van der Waals surface area contributed by atoms with Gasteiger partial charge >= 0.3 is 0 Å². The van der Waals surface area contributed by atoms with Crippen LogP contribution in [0.2, 0.25) is 0 Å². The van der Waals surface area contributed by atoms with Crippen LogP contribution < -0.4 is 4.90 Å². The molecule has 1 rings (SSSR count). The smallest absolute Gasteiger partial charge is 0.253 e. The highest BCUT2D eigenvalue weighted by molar-refractivity contribution is 5.94. The van der Waals surface area contributed by atoms with E-state index in [9.17, 15) is 9.90 Å². The number of carbonyl (C=O) groups is 1. The molecule has 0 aromatic heterocycles. The molecule has 118 valence electrons. The van der Waals surface area contributed by atoms with Crippen molar-refractivity contribution in [3.8, 4) is 0 Å². The molecule has 0 unspecified atom stereocenters. The van der Waals surface area contributed by atoms with Gasteiger partial charge in [0.2, 0.25) is 0 Å². The van der Waals surface area contributed by atoms with Crippen LogP contribution in [0.15, 0.2) is 24.3 Å². The molecule has 0 fully saturated rings. The predicted octanol–water partition coefficient (Wildman–Crippen LogP) is 2.77. The number of carbonyl (C=O) groups excluding carboxylic acids is 1. The zero-order valence-electron chi connectivity index (χ0n) is 13.9. The fourth-order valence-electron chi connectivity index (χ4n) is 2.38. The van der Waals surface area contributed by atoms with Gasteiger partial charge in [-0.25, -0.2) is 0 Å². The highest BCUT2D eigenvalue weighted by atomic mass is 16.3. The van der Waals surface area contributed by atoms with Crippen molar-refractivity contribution in [2.24, 2.45) is 0 Å². The van der Waals surface area contributed by atoms with Crippen LogP contribution >= 0.6 is 0 Å². The van der Waals surface area contributed by atoms with Crippen molar-refractivity contribution >= 4 is 11.6 Å². The summed E-state index contributed by atoms with van der Waals surface area (Å²) in [5.74, 6) is -0.0364. The first-order chi connectivity index (χ1) is 9.82. The van der Waals surface area contributed by atoms with Gasteiger partial charge in [0.25, 0.3) is 5.91 Å². The summed E-state index contributed by atoms with van der Waals surface area (Å²) in [7, 11) is 0. The van der Waals surface area contributed by atoms with E-state index in [0.29, 0.717) is 18.7 Å². The Labute approximate surface area is 128 Å². The van der Waals surface area contributed by atoms with E-state index < -0.39 is 5.60 Å². The van der Waals surface area contributed by atoms with Crippen molar-refractivity contribution in [3.05, 3.63) is 29.8 Å². The standard InChI is InChI=1S/C17H28N2O2/c1-6-18(7-2)15-11-9-14(10-12-15)16(20)19(8-3)13-17(4,5)21/h9-12,21H,6-8,13H2,1-5H3. The SMILES string of the molecule is CCN(CC(C)(C)O)C(=O)c1ccc(N(CC)CC)cc1. The molecule has 0 atom stereocenters. The van der Waals surface area contributed by atoms with Gasteiger partial charge in [0.05, 0.1) is 5.60 Å². The average Bonchev–Trinajstić information content (AvgIpc) is 2.45. The molecular formula is C17H28N2O2. The Morgan fingerprint density at radius 3 is 1.95 bits per heavy atom. The topological polar surface area (TPSA) is 43.8 Å². The van der Waals surface area contributed by atoms with Gasteiger partial charge in [0.15, 0.2) is 0 Å². The van der Waals surface area contributed by atoms with Crippen LogP contribution in [-0.2, 0) is 0 Å². The number of hydrogen-bond acceptors (Lipinski definition) is 3. The highest BCUT2D eigenvalue weighted by Gasteiger charge is 2.22. The molecule has 0 saturated carbocycles. The quantitative estimate of drug-likeness (QED) is 0.840. The maximum absolute atomic E-state index is 12.5. The molecule has 4 heteroatoms. The Balaban J connectivity index is 2.87. The van der Waals surface area contributed by atoms with E-state index >= 15 is 0 Å². The first-order valence-corrected chi connectivity index (χ1v) is 7.69. The monoisotopic (exact) mass is 292 g/mol. The maximum atomic E-state index is 12.5. The molecule has 0 spiro atoms. The summed E-state index contributed by atoms with van der Waals surface area (Å²) in [5, 5.41) is 9.90. The number of hydrogen-bond donors (Lipinski definition) is 1. The van der Waals surface area contributed by atoms with Crippen LogP contribution in [0.4, 0.5) is 5.69 Å². The lowest BCUT2D eigenvalue weighted by Crippen LogP contribution is -2.42. The van der Waals surface area contributed by atoms with E-state index in [2.05, 4.69) is 18.7 Å². The largest absolute Gasteiger partial charge is 0.389 e. The molecular weight excluding hydrogens is 264 g/mol. The Morgan fingerprint density at radius 2 is 1.57 bits per heavy atom. The van der Waals surface area contributed by atoms with Crippen LogP contribution in [0.5, 0.6) is 0 Å². The molecule has 0 aliphatic rings. The van der Waals surface area contributed by atoms with Crippen molar-refractivity contribution in [2.45, 2.75) is 40.2 Å². The molecule has 21 heavy (non-hydrogen) atoms. The zero-order chi connectivity index (χ0) is 16.0. The summed E-state index contributed by atoms with van der Waals surface area (Å²) >= 11 is 0. The molecule has 0 aliphatic heterocycles. The van der Waals surface area contributed by atoms with E-state index in [4.69, 9.17) is 0 Å². The Kier molecular flexibility index (Phi) is 6.21. The second-order valence-corrected chi connectivity index (χ2v) is 5.85. The summed E-state index contributed by atoms with van der Waals surface area (Å²) < 4.78 is 0. The lowest BCUT2D eigenvalue weighted by Gasteiger charge is -2.28. The van der Waals surface area contributed by atoms with Crippen LogP contribution in [0.3, 0.4) is 0 Å². The summed E-state index contributed by atoms with van der Waals surface area (Å²) in [6.07, 6.45) is 0. The van der Waals surface area contributed by atoms with Gasteiger partial charge in [-0.1, -0.05) is 0 Å². The molecule has 0 aliphatic carbocycles. The van der Waals surface area contributed by atoms with Gasteiger partial charge in [-0.05, 0) is 58.9 Å². The van der Waals surface area contributed by atoms with E-state index in [1.165, 1.54) is 0 Å². The van der Waals surface area contributed by atoms with Crippen LogP contribution in [-0.4, -0.2) is 47.7 Å². The van der Waals surface area contributed by atoms with Crippen molar-refractivity contribution in [3.63, 3.8) is 0 Å². The lowest BCUT2D eigenvalue weighted by molar-refractivity contribution is 0.0314. The number of rotatable bonds is 7. The third-order valence-corrected chi connectivity index (χ3v) is 3.49. The van der Waals surface area contributed by atoms with Crippen molar-refractivity contribution in [1.29, 1.82) is 0 Å². The fourth-order valence-corrected chi connectivity index (χ4v) is 2.38. The molecule has 1 aromatic carbocycles. The fraction of sp³-hybridized carbons (Fsp3) is 0.588. The molecule has 1 aromatic rings. The molecule has 0 saturated heterocycles. The van der Waals surface area contributed by atoms with Crippen LogP contribution in [0.25, 0.3) is 0 Å². The Morgan fingerprint density at radius 1 is 1.05 bits per heavy atom. The summed E-state index contributed by atoms with van der Waals surface area (Å²) in [4.78, 5) is 16.4. The van der Waals surface area contributed by atoms with Crippen LogP contribution in [0, 0.1) is 0 Å². The Bertz CT molecular complexity index is 445. The number of benzene rings is 1. The molecule has 1 N–H and O–H groups in total. The van der Waals surface area contributed by atoms with Crippen molar-refractivity contribution in [2.75, 3.05) is 31.1 Å². The molecule has 1 amide bonds. The number of anilines is 1. The van der Waals surface area contributed by atoms with Crippen molar-refractivity contribution in [1.82, 2.24) is 4.90 Å². The second-order valence-electron chi connectivity index (χ2n) is 5.85. The molecule has 0 radical (unpaired) electrons. The Hall–Kier alpha value is -1.55. The van der Waals surface area contributed by atoms with Crippen molar-refractivity contribution < 1.29 is 9.90 Å². The minimum absolute atomic E-state index is 0.0364. The van der Waals surface area contributed by atoms with E-state index in [-0.39, 0.29) is 5.91 Å². The first kappa shape index (κ1) is 17.5. The number of nitrogens with zero attached hydrogens (tertiary/aromatic N) is 2. The minimum atomic E-state index is -0.882. The summed E-state index contributed by atoms with van der Waals surface area (Å²) in [6, 6.07) is 7.70. The number of aliphatic hydroxyl groups is 1. The number of likely N-dealkylation sites (N-methyl/N-ethyl adjacent to an activating group) is 1. The van der Waals surface area contributed by atoms with Gasteiger partial charge in [-0.2, -0.15) is 0 Å². The predicted molar refractivity (Wildman–Crippen MR) is 87.9 cm³/mol. The zero-order valence-corrected chi connectivity index (χ0v) is 13.9. The third kappa shape index (κ3) is 5.05. The lowest BCUT2D eigenvalue weighted by atomic mass is 10.1. The van der Waals surface area contributed by atoms with Gasteiger partial charge in [-0.15, -0.1) is 0 Å². The van der Waals surface area contributed by atoms with Gasteiger partial charge in [-0.3, -0.25) is 4.79 Å². The second kappa shape index (κ2) is 7.46. The van der Waals surface area contributed by atoms with Gasteiger partial charge < -0.3 is 14.9 Å². The first-order valence-electron chi connectivity index (χ1n) is 7.69. The number of amides is 1. The molecule has 0 bridgehead atoms. The minimum Gasteiger partial charge on any atom is -0.389 e. The normalized spacial score (nSPS) is 11.3. The summed E-state index contributed by atoms with van der Waals surface area (Å²) in [6.45, 7) is 12.4. The van der Waals surface area contributed by atoms with E-state index in [1.807, 2.05) is 31.2 Å². The molecule has 4 nitrogen and oxygen atoms in total. The third-order valence-electron chi connectivity index (χ3n) is 3.49. The van der Waals surface area contributed by atoms with E-state index in [0.717, 1.165) is 18.8 Å². The summed E-state index contributed by atoms with van der Waals surface area (Å²) in [5.41, 5.74) is 0.909. The van der Waals surface area contributed by atoms with Gasteiger partial charge in [0, 0.05) is 37.4 Å². The highest BCUT2D eigenvalue weighted by Crippen LogP contribution is 2.17. The van der Waals surface area contributed by atoms with Crippen LogP contribution in [0.1, 0.15) is 45.0 Å². The van der Waals surface area contributed by atoms with E-state index in [1.54, 1.807) is 18.7 Å². The molecule has 0 heterocycles. The van der Waals surface area contributed by atoms with Gasteiger partial charge in [0.1, 0.15) is 0 Å². The maximum Gasteiger partial charge on any atom is 0.253 e. The average molecular weight is 292 g/mol.